The lowest BCUT2D eigenvalue weighted by atomic mass is 10.2. The fourth-order valence-corrected chi connectivity index (χ4v) is 3.38. The Hall–Kier alpha value is -3.32. The van der Waals surface area contributed by atoms with E-state index in [0.717, 1.165) is 28.3 Å². The Morgan fingerprint density at radius 1 is 1.24 bits per heavy atom. The number of aryl methyl sites for hydroxylation is 1. The van der Waals surface area contributed by atoms with Crippen LogP contribution in [0.1, 0.15) is 22.5 Å². The van der Waals surface area contributed by atoms with E-state index in [0.29, 0.717) is 12.2 Å². The Morgan fingerprint density at radius 2 is 2.00 bits per heavy atom. The van der Waals surface area contributed by atoms with Crippen LogP contribution in [0, 0.1) is 24.0 Å². The van der Waals surface area contributed by atoms with Crippen molar-refractivity contribution in [2.45, 2.75) is 20.4 Å². The zero-order chi connectivity index (χ0) is 21.0. The summed E-state index contributed by atoms with van der Waals surface area (Å²) in [7, 11) is 1.64. The molecule has 150 valence electrons. The van der Waals surface area contributed by atoms with Crippen molar-refractivity contribution < 1.29 is 9.66 Å². The van der Waals surface area contributed by atoms with Gasteiger partial charge < -0.3 is 14.7 Å². The molecule has 1 N–H and O–H groups in total. The first-order valence-electron chi connectivity index (χ1n) is 8.93. The Morgan fingerprint density at radius 3 is 2.72 bits per heavy atom. The minimum absolute atomic E-state index is 0.114. The van der Waals surface area contributed by atoms with Gasteiger partial charge in [0.2, 0.25) is 0 Å². The fraction of sp³-hybridized carbons (Fsp3) is 0.190. The van der Waals surface area contributed by atoms with Crippen molar-refractivity contribution in [1.82, 2.24) is 9.99 Å². The third-order valence-corrected chi connectivity index (χ3v) is 4.93. The molecule has 0 saturated heterocycles. The van der Waals surface area contributed by atoms with Crippen molar-refractivity contribution in [3.05, 3.63) is 86.2 Å². The van der Waals surface area contributed by atoms with Crippen LogP contribution in [0.15, 0.2) is 53.6 Å². The van der Waals surface area contributed by atoms with Gasteiger partial charge >= 0.3 is 0 Å². The fourth-order valence-electron chi connectivity index (χ4n) is 3.19. The molecule has 0 atom stereocenters. The van der Waals surface area contributed by atoms with Gasteiger partial charge in [0.15, 0.2) is 0 Å². The molecule has 29 heavy (non-hydrogen) atoms. The average Bonchev–Trinajstić information content (AvgIpc) is 2.99. The molecule has 1 aromatic heterocycles. The van der Waals surface area contributed by atoms with Gasteiger partial charge in [0.1, 0.15) is 10.8 Å². The topological polar surface area (TPSA) is 81.7 Å². The molecule has 0 unspecified atom stereocenters. The molecular weight excluding hydrogens is 392 g/mol. The van der Waals surface area contributed by atoms with Crippen LogP contribution in [0.3, 0.4) is 0 Å². The number of rotatable bonds is 7. The van der Waals surface area contributed by atoms with Crippen molar-refractivity contribution in [2.75, 3.05) is 7.11 Å². The highest BCUT2D eigenvalue weighted by atomic mass is 35.5. The molecule has 3 aromatic rings. The Balaban J connectivity index is 1.80. The minimum Gasteiger partial charge on any atom is -0.496 e. The third kappa shape index (κ3) is 4.41. The van der Waals surface area contributed by atoms with E-state index in [1.807, 2.05) is 48.7 Å². The van der Waals surface area contributed by atoms with Gasteiger partial charge in [0, 0.05) is 28.6 Å². The zero-order valence-electron chi connectivity index (χ0n) is 16.3. The maximum atomic E-state index is 11.2. The van der Waals surface area contributed by atoms with Crippen molar-refractivity contribution in [3.8, 4) is 11.4 Å². The number of benzene rings is 2. The predicted octanol–water partition coefficient (Wildman–Crippen LogP) is 4.79. The lowest BCUT2D eigenvalue weighted by Gasteiger charge is -2.10. The van der Waals surface area contributed by atoms with E-state index < -0.39 is 4.92 Å². The molecule has 0 spiro atoms. The number of nitro groups is 1. The molecule has 2 aromatic carbocycles. The summed E-state index contributed by atoms with van der Waals surface area (Å²) in [4.78, 5) is 10.7. The first-order valence-corrected chi connectivity index (χ1v) is 9.31. The molecule has 0 aliphatic rings. The van der Waals surface area contributed by atoms with E-state index in [4.69, 9.17) is 16.3 Å². The number of nitrogens with one attached hydrogen (secondary N) is 1. The molecule has 0 bridgehead atoms. The predicted molar refractivity (Wildman–Crippen MR) is 114 cm³/mol. The Bertz CT molecular complexity index is 1080. The highest BCUT2D eigenvalue weighted by molar-refractivity contribution is 6.32. The molecule has 1 heterocycles. The van der Waals surface area contributed by atoms with Gasteiger partial charge in [-0.3, -0.25) is 10.1 Å². The van der Waals surface area contributed by atoms with Crippen molar-refractivity contribution in [1.29, 1.82) is 0 Å². The Labute approximate surface area is 173 Å². The van der Waals surface area contributed by atoms with Crippen molar-refractivity contribution >= 4 is 23.5 Å². The zero-order valence-corrected chi connectivity index (χ0v) is 17.1. The number of nitro benzene ring substituents is 1. The highest BCUT2D eigenvalue weighted by Crippen LogP contribution is 2.29. The molecule has 0 amide bonds. The van der Waals surface area contributed by atoms with Crippen molar-refractivity contribution in [2.24, 2.45) is 5.10 Å². The molecule has 8 heteroatoms. The summed E-state index contributed by atoms with van der Waals surface area (Å²) < 4.78 is 7.27. The lowest BCUT2D eigenvalue weighted by molar-refractivity contribution is -0.384. The summed E-state index contributed by atoms with van der Waals surface area (Å²) in [6, 6.07) is 14.5. The van der Waals surface area contributed by atoms with Crippen LogP contribution >= 0.6 is 11.6 Å². The number of para-hydroxylation sites is 1. The van der Waals surface area contributed by atoms with Crippen molar-refractivity contribution in [3.63, 3.8) is 0 Å². The van der Waals surface area contributed by atoms with Crippen LogP contribution in [0.5, 0.6) is 5.75 Å². The van der Waals surface area contributed by atoms with E-state index in [1.54, 1.807) is 19.4 Å². The first kappa shape index (κ1) is 20.4. The maximum Gasteiger partial charge on any atom is 0.289 e. The van der Waals surface area contributed by atoms with Gasteiger partial charge in [-0.2, -0.15) is 5.10 Å². The largest absolute Gasteiger partial charge is 0.496 e. The normalized spacial score (nSPS) is 11.0. The summed E-state index contributed by atoms with van der Waals surface area (Å²) in [6.07, 6.45) is 1.73. The molecule has 0 aliphatic heterocycles. The molecular formula is C21H21ClN4O3. The Kier molecular flexibility index (Phi) is 6.19. The monoisotopic (exact) mass is 412 g/mol. The number of aromatic nitrogens is 1. The number of hydrogen-bond donors (Lipinski definition) is 1. The van der Waals surface area contributed by atoms with Gasteiger partial charge in [-0.15, -0.1) is 0 Å². The molecule has 0 aliphatic carbocycles. The lowest BCUT2D eigenvalue weighted by Crippen LogP contribution is -2.07. The van der Waals surface area contributed by atoms with Gasteiger partial charge in [0.05, 0.1) is 30.5 Å². The quantitative estimate of drug-likeness (QED) is 0.343. The average molecular weight is 413 g/mol. The van der Waals surface area contributed by atoms with Gasteiger partial charge in [0.25, 0.3) is 5.69 Å². The standard InChI is InChI=1S/C21H21ClN4O3/c1-14-10-17(13-24-23-12-16-6-4-5-7-21(16)29-3)15(2)25(14)18-8-9-19(22)20(11-18)26(27)28/h4-11,13,23H,12H2,1-3H3/b24-13+. The van der Waals surface area contributed by atoms with E-state index in [2.05, 4.69) is 10.5 Å². The summed E-state index contributed by atoms with van der Waals surface area (Å²) >= 11 is 5.93. The molecule has 3 rings (SSSR count). The second-order valence-electron chi connectivity index (χ2n) is 6.46. The highest BCUT2D eigenvalue weighted by Gasteiger charge is 2.16. The molecule has 0 radical (unpaired) electrons. The molecule has 0 saturated carbocycles. The number of hydrogen-bond acceptors (Lipinski definition) is 5. The maximum absolute atomic E-state index is 11.2. The second-order valence-corrected chi connectivity index (χ2v) is 6.87. The van der Waals surface area contributed by atoms with Crippen LogP contribution < -0.4 is 10.2 Å². The summed E-state index contributed by atoms with van der Waals surface area (Å²) in [5, 5.41) is 15.6. The van der Waals surface area contributed by atoms with Crippen LogP contribution in [0.2, 0.25) is 5.02 Å². The molecule has 0 fully saturated rings. The number of halogens is 1. The smallest absolute Gasteiger partial charge is 0.289 e. The van der Waals surface area contributed by atoms with Gasteiger partial charge in [-0.1, -0.05) is 29.8 Å². The minimum atomic E-state index is -0.482. The van der Waals surface area contributed by atoms with E-state index in [-0.39, 0.29) is 10.7 Å². The number of methoxy groups -OCH3 is 1. The summed E-state index contributed by atoms with van der Waals surface area (Å²) in [5.41, 5.74) is 7.35. The van der Waals surface area contributed by atoms with E-state index in [9.17, 15) is 10.1 Å². The second kappa shape index (κ2) is 8.79. The van der Waals surface area contributed by atoms with Crippen LogP contribution in [-0.4, -0.2) is 22.8 Å². The number of hydrazone groups is 1. The third-order valence-electron chi connectivity index (χ3n) is 4.61. The first-order chi connectivity index (χ1) is 13.9. The van der Waals surface area contributed by atoms with E-state index >= 15 is 0 Å². The molecule has 7 nitrogen and oxygen atoms in total. The van der Waals surface area contributed by atoms with E-state index in [1.165, 1.54) is 12.1 Å². The number of nitrogens with zero attached hydrogens (tertiary/aromatic N) is 3. The van der Waals surface area contributed by atoms with Crippen LogP contribution in [-0.2, 0) is 6.54 Å². The summed E-state index contributed by atoms with van der Waals surface area (Å²) in [5.74, 6) is 0.803. The summed E-state index contributed by atoms with van der Waals surface area (Å²) in [6.45, 7) is 4.41. The van der Waals surface area contributed by atoms with Crippen LogP contribution in [0.25, 0.3) is 5.69 Å². The SMILES string of the molecule is COc1ccccc1CN/N=C/c1cc(C)n(-c2ccc(Cl)c([N+](=O)[O-])c2)c1C. The van der Waals surface area contributed by atoms with Crippen LogP contribution in [0.4, 0.5) is 5.69 Å². The van der Waals surface area contributed by atoms with Gasteiger partial charge in [-0.25, -0.2) is 0 Å². The number of ether oxygens (including phenoxy) is 1. The van der Waals surface area contributed by atoms with Gasteiger partial charge in [-0.05, 0) is 38.1 Å².